The van der Waals surface area contributed by atoms with Gasteiger partial charge in [-0.1, -0.05) is 69.7 Å². The van der Waals surface area contributed by atoms with Crippen molar-refractivity contribution in [2.75, 3.05) is 5.75 Å². The van der Waals surface area contributed by atoms with E-state index in [1.165, 1.54) is 28.9 Å². The zero-order chi connectivity index (χ0) is 28.2. The first-order valence-corrected chi connectivity index (χ1v) is 14.3. The molecule has 1 aliphatic rings. The molecule has 0 fully saturated rings. The van der Waals surface area contributed by atoms with Crippen molar-refractivity contribution in [2.45, 2.75) is 31.1 Å². The van der Waals surface area contributed by atoms with Crippen LogP contribution in [0.3, 0.4) is 0 Å². The number of benzene rings is 3. The Bertz CT molecular complexity index is 1570. The first kappa shape index (κ1) is 27.7. The highest BCUT2D eigenvalue weighted by atomic mass is 79.9. The van der Waals surface area contributed by atoms with Gasteiger partial charge in [0.1, 0.15) is 5.82 Å². The van der Waals surface area contributed by atoms with Crippen molar-refractivity contribution in [1.29, 1.82) is 0 Å². The lowest BCUT2D eigenvalue weighted by atomic mass is 9.98. The molecule has 0 saturated heterocycles. The average Bonchev–Trinajstić information content (AvgIpc) is 3.55. The fourth-order valence-electron chi connectivity index (χ4n) is 4.37. The summed E-state index contributed by atoms with van der Waals surface area (Å²) in [6.07, 6.45) is 0.512. The van der Waals surface area contributed by atoms with Gasteiger partial charge >= 0.3 is 0 Å². The standard InChI is InChI=1S/C29H26BrFN6O2S/c1-18-4-3-5-21(14-18)28(39)32-16-26-33-34-29(36(26)2)40-17-27(38)37-25(20-8-12-23(31)13-9-20)15-24(35-37)19-6-10-22(30)11-7-19/h3-14,25H,15-17H2,1-2H3,(H,32,39)/t25-/m0/s1. The SMILES string of the molecule is Cc1cccc(C(=O)NCc2nnc(SCC(=O)N3N=C(c4ccc(Br)cc4)C[C@H]3c3ccc(F)cc3)n2C)c1. The van der Waals surface area contributed by atoms with E-state index in [1.54, 1.807) is 29.8 Å². The van der Waals surface area contributed by atoms with Crippen molar-refractivity contribution in [3.63, 3.8) is 0 Å². The summed E-state index contributed by atoms with van der Waals surface area (Å²) in [6.45, 7) is 2.13. The number of nitrogens with zero attached hydrogens (tertiary/aromatic N) is 5. The topological polar surface area (TPSA) is 92.5 Å². The van der Waals surface area contributed by atoms with Crippen LogP contribution in [0.25, 0.3) is 0 Å². The maximum atomic E-state index is 13.6. The van der Waals surface area contributed by atoms with Gasteiger partial charge in [0.15, 0.2) is 11.0 Å². The van der Waals surface area contributed by atoms with Gasteiger partial charge in [-0.05, 0) is 54.4 Å². The predicted octanol–water partition coefficient (Wildman–Crippen LogP) is 5.43. The molecule has 0 aliphatic carbocycles. The fourth-order valence-corrected chi connectivity index (χ4v) is 5.41. The van der Waals surface area contributed by atoms with Crippen molar-refractivity contribution >= 4 is 45.2 Å². The molecular weight excluding hydrogens is 595 g/mol. The second-order valence-electron chi connectivity index (χ2n) is 9.36. The minimum Gasteiger partial charge on any atom is -0.345 e. The van der Waals surface area contributed by atoms with E-state index in [2.05, 4.69) is 36.5 Å². The van der Waals surface area contributed by atoms with Gasteiger partial charge in [-0.25, -0.2) is 9.40 Å². The number of thioether (sulfide) groups is 1. The number of carbonyl (C=O) groups is 2. The Hall–Kier alpha value is -3.83. The molecule has 5 rings (SSSR count). The van der Waals surface area contributed by atoms with Crippen LogP contribution in [-0.4, -0.2) is 43.1 Å². The summed E-state index contributed by atoms with van der Waals surface area (Å²) in [5.74, 6) is -0.0921. The highest BCUT2D eigenvalue weighted by molar-refractivity contribution is 9.10. The number of hydrogen-bond donors (Lipinski definition) is 1. The molecule has 0 radical (unpaired) electrons. The quantitative estimate of drug-likeness (QED) is 0.265. The van der Waals surface area contributed by atoms with Crippen LogP contribution in [0.5, 0.6) is 0 Å². The Morgan fingerprint density at radius 2 is 1.82 bits per heavy atom. The molecule has 0 spiro atoms. The Labute approximate surface area is 243 Å². The Morgan fingerprint density at radius 1 is 1.07 bits per heavy atom. The van der Waals surface area contributed by atoms with Gasteiger partial charge in [-0.2, -0.15) is 5.10 Å². The van der Waals surface area contributed by atoms with Crippen LogP contribution < -0.4 is 5.32 Å². The second kappa shape index (κ2) is 12.1. The molecule has 204 valence electrons. The first-order valence-electron chi connectivity index (χ1n) is 12.6. The lowest BCUT2D eigenvalue weighted by Gasteiger charge is -2.22. The van der Waals surface area contributed by atoms with E-state index in [4.69, 9.17) is 0 Å². The van der Waals surface area contributed by atoms with Gasteiger partial charge in [0.25, 0.3) is 11.8 Å². The maximum Gasteiger partial charge on any atom is 0.253 e. The van der Waals surface area contributed by atoms with Crippen molar-refractivity contribution in [3.05, 3.63) is 111 Å². The molecule has 2 amide bonds. The van der Waals surface area contributed by atoms with Crippen LogP contribution in [-0.2, 0) is 18.4 Å². The smallest absolute Gasteiger partial charge is 0.253 e. The van der Waals surface area contributed by atoms with Crippen molar-refractivity contribution < 1.29 is 14.0 Å². The van der Waals surface area contributed by atoms with Crippen LogP contribution in [0.15, 0.2) is 87.5 Å². The highest BCUT2D eigenvalue weighted by Crippen LogP contribution is 2.34. The molecule has 1 N–H and O–H groups in total. The maximum absolute atomic E-state index is 13.6. The van der Waals surface area contributed by atoms with E-state index < -0.39 is 0 Å². The number of halogens is 2. The summed E-state index contributed by atoms with van der Waals surface area (Å²) in [5.41, 5.74) is 4.09. The van der Waals surface area contributed by atoms with Crippen molar-refractivity contribution in [3.8, 4) is 0 Å². The minimum absolute atomic E-state index is 0.0798. The van der Waals surface area contributed by atoms with Gasteiger partial charge < -0.3 is 9.88 Å². The number of aryl methyl sites for hydroxylation is 1. The van der Waals surface area contributed by atoms with E-state index >= 15 is 0 Å². The first-order chi connectivity index (χ1) is 19.3. The number of amides is 2. The lowest BCUT2D eigenvalue weighted by molar-refractivity contribution is -0.130. The number of hydrazone groups is 1. The van der Waals surface area contributed by atoms with Gasteiger partial charge in [0.2, 0.25) is 0 Å². The highest BCUT2D eigenvalue weighted by Gasteiger charge is 2.33. The number of aromatic nitrogens is 3. The molecule has 1 atom stereocenters. The zero-order valence-corrected chi connectivity index (χ0v) is 24.2. The Kier molecular flexibility index (Phi) is 8.41. The van der Waals surface area contributed by atoms with E-state index in [-0.39, 0.29) is 36.0 Å². The number of hydrogen-bond acceptors (Lipinski definition) is 6. The van der Waals surface area contributed by atoms with Gasteiger partial charge in [0.05, 0.1) is 24.1 Å². The number of nitrogens with one attached hydrogen (secondary N) is 1. The van der Waals surface area contributed by atoms with E-state index in [0.717, 1.165) is 26.9 Å². The Morgan fingerprint density at radius 3 is 2.55 bits per heavy atom. The van der Waals surface area contributed by atoms with Crippen LogP contribution in [0.1, 0.15) is 45.3 Å². The summed E-state index contributed by atoms with van der Waals surface area (Å²) in [7, 11) is 1.79. The summed E-state index contributed by atoms with van der Waals surface area (Å²) in [6, 6.07) is 20.9. The van der Waals surface area contributed by atoms with Crippen molar-refractivity contribution in [1.82, 2.24) is 25.1 Å². The van der Waals surface area contributed by atoms with Crippen LogP contribution in [0.4, 0.5) is 4.39 Å². The number of carbonyl (C=O) groups excluding carboxylic acids is 2. The molecule has 3 aromatic carbocycles. The lowest BCUT2D eigenvalue weighted by Crippen LogP contribution is -2.28. The van der Waals surface area contributed by atoms with Gasteiger partial charge in [-0.15, -0.1) is 10.2 Å². The zero-order valence-electron chi connectivity index (χ0n) is 21.8. The van der Waals surface area contributed by atoms with E-state index in [1.807, 2.05) is 49.4 Å². The van der Waals surface area contributed by atoms with E-state index in [9.17, 15) is 14.0 Å². The third kappa shape index (κ3) is 6.31. The molecule has 0 unspecified atom stereocenters. The molecule has 0 saturated carbocycles. The van der Waals surface area contributed by atoms with Crippen LogP contribution in [0.2, 0.25) is 0 Å². The Balaban J connectivity index is 1.27. The number of rotatable bonds is 8. The molecule has 0 bridgehead atoms. The third-order valence-corrected chi connectivity index (χ3v) is 8.07. The molecule has 40 heavy (non-hydrogen) atoms. The minimum atomic E-state index is -0.348. The largest absolute Gasteiger partial charge is 0.345 e. The third-order valence-electron chi connectivity index (χ3n) is 6.54. The normalized spacial score (nSPS) is 14.8. The molecular formula is C29H26BrFN6O2S. The molecule has 4 aromatic rings. The summed E-state index contributed by atoms with van der Waals surface area (Å²) in [5, 5.41) is 18.0. The van der Waals surface area contributed by atoms with Gasteiger partial charge in [0, 0.05) is 23.5 Å². The van der Waals surface area contributed by atoms with Crippen LogP contribution >= 0.6 is 27.7 Å². The summed E-state index contributed by atoms with van der Waals surface area (Å²) < 4.78 is 16.3. The molecule has 1 aliphatic heterocycles. The van der Waals surface area contributed by atoms with Crippen LogP contribution in [0, 0.1) is 12.7 Å². The summed E-state index contributed by atoms with van der Waals surface area (Å²) >= 11 is 4.69. The van der Waals surface area contributed by atoms with Gasteiger partial charge in [-0.3, -0.25) is 9.59 Å². The molecule has 2 heterocycles. The summed E-state index contributed by atoms with van der Waals surface area (Å²) in [4.78, 5) is 25.9. The average molecular weight is 622 g/mol. The fraction of sp³-hybridized carbons (Fsp3) is 0.207. The predicted molar refractivity (Wildman–Crippen MR) is 155 cm³/mol. The molecule has 11 heteroatoms. The van der Waals surface area contributed by atoms with Crippen molar-refractivity contribution in [2.24, 2.45) is 12.1 Å². The molecule has 8 nitrogen and oxygen atoms in total. The second-order valence-corrected chi connectivity index (χ2v) is 11.2. The monoisotopic (exact) mass is 620 g/mol. The molecule has 1 aromatic heterocycles. The van der Waals surface area contributed by atoms with E-state index in [0.29, 0.717) is 23.0 Å².